The Hall–Kier alpha value is -4.55. The topological polar surface area (TPSA) is 156 Å². The molecule has 13 nitrogen and oxygen atoms in total. The van der Waals surface area contributed by atoms with E-state index in [-0.39, 0.29) is 30.8 Å². The normalized spacial score (nSPS) is 18.6. The first kappa shape index (κ1) is 23.8. The standard InChI is InChI=1S/C25H26N8O5/c34-22(26-11-21-28-30-31-29-21)13-32-12-16-3-4-17(9-19(16)24(32)35)33-8-7-20(25(33)36)38-18-5-6-23(27-10-18)37-14-15-1-2-15/h3-6,9-10,15,20H,1-2,7-8,11-14H2,(H,26,34)(H,28,29,30,31)/t20-/m1/s1. The highest BCUT2D eigenvalue weighted by atomic mass is 16.5. The Labute approximate surface area is 217 Å². The Balaban J connectivity index is 1.04. The third-order valence-electron chi connectivity index (χ3n) is 6.76. The highest BCUT2D eigenvalue weighted by Crippen LogP contribution is 2.31. The molecule has 1 atom stereocenters. The van der Waals surface area contributed by atoms with Crippen LogP contribution in [0.2, 0.25) is 0 Å². The van der Waals surface area contributed by atoms with Crippen molar-refractivity contribution in [1.29, 1.82) is 0 Å². The number of hydrogen-bond acceptors (Lipinski definition) is 9. The van der Waals surface area contributed by atoms with Crippen molar-refractivity contribution in [2.24, 2.45) is 5.92 Å². The van der Waals surface area contributed by atoms with Gasteiger partial charge in [0.1, 0.15) is 12.3 Å². The molecular formula is C25H26N8O5. The minimum Gasteiger partial charge on any atom is -0.479 e. The Morgan fingerprint density at radius 3 is 2.82 bits per heavy atom. The van der Waals surface area contributed by atoms with Crippen molar-refractivity contribution in [2.75, 3.05) is 24.6 Å². The van der Waals surface area contributed by atoms with E-state index in [1.807, 2.05) is 12.1 Å². The molecule has 13 heteroatoms. The highest BCUT2D eigenvalue weighted by Gasteiger charge is 2.36. The second-order valence-corrected chi connectivity index (χ2v) is 9.58. The van der Waals surface area contributed by atoms with Gasteiger partial charge in [0.2, 0.25) is 11.8 Å². The average Bonchev–Trinajstić information content (AvgIpc) is 3.33. The van der Waals surface area contributed by atoms with Gasteiger partial charge in [-0.15, -0.1) is 10.2 Å². The van der Waals surface area contributed by atoms with Gasteiger partial charge in [-0.3, -0.25) is 14.4 Å². The van der Waals surface area contributed by atoms with Crippen LogP contribution in [-0.2, 0) is 22.7 Å². The fourth-order valence-corrected chi connectivity index (χ4v) is 4.50. The van der Waals surface area contributed by atoms with Gasteiger partial charge in [-0.25, -0.2) is 4.98 Å². The quantitative estimate of drug-likeness (QED) is 0.397. The van der Waals surface area contributed by atoms with Crippen molar-refractivity contribution in [3.63, 3.8) is 0 Å². The molecule has 0 unspecified atom stereocenters. The lowest BCUT2D eigenvalue weighted by atomic mass is 10.1. The average molecular weight is 519 g/mol. The molecule has 1 aliphatic carbocycles. The molecule has 0 spiro atoms. The summed E-state index contributed by atoms with van der Waals surface area (Å²) in [5, 5.41) is 16.0. The summed E-state index contributed by atoms with van der Waals surface area (Å²) < 4.78 is 11.6. The maximum absolute atomic E-state index is 13.1. The number of hydrogen-bond donors (Lipinski definition) is 2. The molecule has 196 valence electrons. The number of tetrazole rings is 1. The van der Waals surface area contributed by atoms with Gasteiger partial charge in [-0.2, -0.15) is 5.21 Å². The number of aromatic amines is 1. The summed E-state index contributed by atoms with van der Waals surface area (Å²) in [7, 11) is 0. The van der Waals surface area contributed by atoms with E-state index in [1.165, 1.54) is 17.7 Å². The minimum absolute atomic E-state index is 0.0995. The van der Waals surface area contributed by atoms with Crippen molar-refractivity contribution < 1.29 is 23.9 Å². The lowest BCUT2D eigenvalue weighted by Crippen LogP contribution is -2.37. The molecule has 2 N–H and O–H groups in total. The number of fused-ring (bicyclic) bond motifs is 1. The molecule has 3 amide bonds. The van der Waals surface area contributed by atoms with Crippen molar-refractivity contribution in [1.82, 2.24) is 35.8 Å². The van der Waals surface area contributed by atoms with E-state index in [2.05, 4.69) is 30.9 Å². The van der Waals surface area contributed by atoms with E-state index >= 15 is 0 Å². The van der Waals surface area contributed by atoms with Crippen LogP contribution in [0.5, 0.6) is 11.6 Å². The molecule has 3 aromatic rings. The molecule has 1 saturated heterocycles. The molecule has 2 aliphatic heterocycles. The number of rotatable bonds is 10. The number of amides is 3. The molecule has 4 heterocycles. The number of nitrogens with one attached hydrogen (secondary N) is 2. The van der Waals surface area contributed by atoms with Crippen LogP contribution in [0, 0.1) is 5.92 Å². The molecule has 2 fully saturated rings. The van der Waals surface area contributed by atoms with E-state index in [4.69, 9.17) is 9.47 Å². The minimum atomic E-state index is -0.640. The molecule has 0 bridgehead atoms. The fourth-order valence-electron chi connectivity index (χ4n) is 4.50. The summed E-state index contributed by atoms with van der Waals surface area (Å²) in [6.07, 6.45) is 3.85. The highest BCUT2D eigenvalue weighted by molar-refractivity contribution is 6.03. The first-order valence-electron chi connectivity index (χ1n) is 12.5. The summed E-state index contributed by atoms with van der Waals surface area (Å²) in [5.74, 6) is 1.27. The predicted molar refractivity (Wildman–Crippen MR) is 131 cm³/mol. The van der Waals surface area contributed by atoms with Gasteiger partial charge in [0.25, 0.3) is 11.8 Å². The second-order valence-electron chi connectivity index (χ2n) is 9.58. The van der Waals surface area contributed by atoms with Gasteiger partial charge < -0.3 is 24.6 Å². The number of benzene rings is 1. The number of pyridine rings is 1. The Morgan fingerprint density at radius 1 is 1.16 bits per heavy atom. The number of nitrogens with zero attached hydrogens (tertiary/aromatic N) is 6. The summed E-state index contributed by atoms with van der Waals surface area (Å²) in [5.41, 5.74) is 1.91. The van der Waals surface area contributed by atoms with Crippen molar-refractivity contribution >= 4 is 23.4 Å². The van der Waals surface area contributed by atoms with Crippen LogP contribution < -0.4 is 19.7 Å². The number of aromatic nitrogens is 5. The molecule has 1 saturated carbocycles. The zero-order valence-electron chi connectivity index (χ0n) is 20.5. The van der Waals surface area contributed by atoms with Crippen LogP contribution in [0.25, 0.3) is 0 Å². The van der Waals surface area contributed by atoms with E-state index in [0.717, 1.165) is 5.56 Å². The monoisotopic (exact) mass is 518 g/mol. The lowest BCUT2D eigenvalue weighted by Gasteiger charge is -2.18. The van der Waals surface area contributed by atoms with Crippen molar-refractivity contribution in [3.05, 3.63) is 53.5 Å². The Morgan fingerprint density at radius 2 is 2.05 bits per heavy atom. The van der Waals surface area contributed by atoms with E-state index in [1.54, 1.807) is 29.3 Å². The Kier molecular flexibility index (Phi) is 6.32. The molecule has 3 aliphatic rings. The number of carbonyl (C=O) groups is 3. The smallest absolute Gasteiger partial charge is 0.268 e. The third kappa shape index (κ3) is 5.12. The number of ether oxygens (including phenoxy) is 2. The second kappa shape index (κ2) is 10.1. The zero-order chi connectivity index (χ0) is 26.1. The van der Waals surface area contributed by atoms with Crippen LogP contribution in [0.15, 0.2) is 36.5 Å². The van der Waals surface area contributed by atoms with Crippen LogP contribution in [0.1, 0.15) is 41.0 Å². The summed E-state index contributed by atoms with van der Waals surface area (Å²) in [4.78, 5) is 45.8. The summed E-state index contributed by atoms with van der Waals surface area (Å²) in [6.45, 7) is 1.48. The first-order chi connectivity index (χ1) is 18.5. The maximum atomic E-state index is 13.1. The molecular weight excluding hydrogens is 492 g/mol. The van der Waals surface area contributed by atoms with Crippen LogP contribution in [-0.4, -0.2) is 74.0 Å². The van der Waals surface area contributed by atoms with Crippen molar-refractivity contribution in [2.45, 2.75) is 38.5 Å². The predicted octanol–water partition coefficient (Wildman–Crippen LogP) is 0.840. The summed E-state index contributed by atoms with van der Waals surface area (Å²) >= 11 is 0. The number of H-pyrrole nitrogens is 1. The number of carbonyl (C=O) groups excluding carboxylic acids is 3. The SMILES string of the molecule is O=C(CN1Cc2ccc(N3CC[C@@H](Oc4ccc(OCC5CC5)nc4)C3=O)cc2C1=O)NCc1nn[nH]n1. The van der Waals surface area contributed by atoms with Gasteiger partial charge in [0.05, 0.1) is 19.3 Å². The van der Waals surface area contributed by atoms with Gasteiger partial charge in [-0.1, -0.05) is 11.3 Å². The molecule has 6 rings (SSSR count). The van der Waals surface area contributed by atoms with Gasteiger partial charge in [0, 0.05) is 36.8 Å². The molecule has 1 aromatic carbocycles. The van der Waals surface area contributed by atoms with Crippen LogP contribution in [0.3, 0.4) is 0 Å². The molecule has 0 radical (unpaired) electrons. The van der Waals surface area contributed by atoms with E-state index in [9.17, 15) is 14.4 Å². The molecule has 38 heavy (non-hydrogen) atoms. The van der Waals surface area contributed by atoms with Crippen LogP contribution >= 0.6 is 0 Å². The van der Waals surface area contributed by atoms with Gasteiger partial charge in [-0.05, 0) is 42.5 Å². The Bertz CT molecular complexity index is 1340. The van der Waals surface area contributed by atoms with E-state index in [0.29, 0.717) is 60.7 Å². The third-order valence-corrected chi connectivity index (χ3v) is 6.76. The van der Waals surface area contributed by atoms with E-state index < -0.39 is 6.10 Å². The zero-order valence-corrected chi connectivity index (χ0v) is 20.5. The van der Waals surface area contributed by atoms with Crippen molar-refractivity contribution in [3.8, 4) is 11.6 Å². The lowest BCUT2D eigenvalue weighted by molar-refractivity contribution is -0.123. The number of anilines is 1. The van der Waals surface area contributed by atoms with Gasteiger partial charge >= 0.3 is 0 Å². The summed E-state index contributed by atoms with van der Waals surface area (Å²) in [6, 6.07) is 8.86. The first-order valence-corrected chi connectivity index (χ1v) is 12.5. The van der Waals surface area contributed by atoms with Gasteiger partial charge in [0.15, 0.2) is 11.9 Å². The largest absolute Gasteiger partial charge is 0.479 e. The maximum Gasteiger partial charge on any atom is 0.268 e. The molecule has 2 aromatic heterocycles. The van der Waals surface area contributed by atoms with Crippen LogP contribution in [0.4, 0.5) is 5.69 Å². The fraction of sp³-hybridized carbons (Fsp3) is 0.400.